The quantitative estimate of drug-likeness (QED) is 0.908. The number of alkyl halides is 3. The number of aromatic amines is 1. The molecule has 0 atom stereocenters. The van der Waals surface area contributed by atoms with Crippen LogP contribution in [-0.4, -0.2) is 9.78 Å². The average molecular weight is 315 g/mol. The molecule has 0 spiro atoms. The van der Waals surface area contributed by atoms with Crippen LogP contribution in [0.15, 0.2) is 9.40 Å². The molecule has 0 fully saturated rings. The van der Waals surface area contributed by atoms with Gasteiger partial charge in [-0.1, -0.05) is 26.7 Å². The summed E-state index contributed by atoms with van der Waals surface area (Å²) in [7, 11) is 0. The van der Waals surface area contributed by atoms with Crippen molar-refractivity contribution in [2.45, 2.75) is 39.4 Å². The zero-order valence-electron chi connectivity index (χ0n) is 9.57. The maximum Gasteiger partial charge on any atom is 0.424 e. The van der Waals surface area contributed by atoms with E-state index >= 15 is 0 Å². The fourth-order valence-electron chi connectivity index (χ4n) is 1.63. The summed E-state index contributed by atoms with van der Waals surface area (Å²) < 4.78 is 38.7. The molecule has 7 heteroatoms. The molecule has 0 saturated carbocycles. The summed E-state index contributed by atoms with van der Waals surface area (Å²) in [5, 5.41) is 2.21. The van der Waals surface area contributed by atoms with Crippen LogP contribution < -0.4 is 5.56 Å². The zero-order chi connectivity index (χ0) is 13.2. The Hall–Kier alpha value is -0.720. The largest absolute Gasteiger partial charge is 0.424 e. The summed E-state index contributed by atoms with van der Waals surface area (Å²) in [6, 6.07) is 0. The Morgan fingerprint density at radius 1 is 1.35 bits per heavy atom. The highest BCUT2D eigenvalue weighted by atomic mass is 79.9. The summed E-state index contributed by atoms with van der Waals surface area (Å²) in [4.78, 5) is 11.2. The molecule has 0 unspecified atom stereocenters. The van der Waals surface area contributed by atoms with Crippen molar-refractivity contribution in [2.75, 3.05) is 0 Å². The summed E-state index contributed by atoms with van der Waals surface area (Å²) >= 11 is 2.84. The smallest absolute Gasteiger partial charge is 0.277 e. The fourth-order valence-corrected chi connectivity index (χ4v) is 2.27. The average Bonchev–Trinajstić information content (AvgIpc) is 2.49. The molecule has 17 heavy (non-hydrogen) atoms. The third-order valence-corrected chi connectivity index (χ3v) is 3.61. The maximum atomic E-state index is 12.6. The minimum atomic E-state index is -4.63. The normalized spacial score (nSPS) is 12.4. The molecule has 0 aliphatic carbocycles. The van der Waals surface area contributed by atoms with Gasteiger partial charge in [0.05, 0.1) is 0 Å². The highest BCUT2D eigenvalue weighted by Crippen LogP contribution is 2.32. The first-order chi connectivity index (χ1) is 7.81. The van der Waals surface area contributed by atoms with E-state index in [2.05, 4.69) is 21.0 Å². The SMILES string of the molecule is CCC(CC)Cn1[nH]c(=O)c(C(F)(F)F)c1Br. The van der Waals surface area contributed by atoms with Gasteiger partial charge in [-0.2, -0.15) is 13.2 Å². The van der Waals surface area contributed by atoms with Crippen LogP contribution in [0.4, 0.5) is 13.2 Å². The van der Waals surface area contributed by atoms with Gasteiger partial charge in [0.15, 0.2) is 5.56 Å². The Bertz CT molecular complexity index is 432. The molecule has 0 amide bonds. The molecule has 0 aliphatic heterocycles. The number of nitrogens with one attached hydrogen (secondary N) is 1. The van der Waals surface area contributed by atoms with Crippen molar-refractivity contribution in [1.29, 1.82) is 0 Å². The van der Waals surface area contributed by atoms with Crippen LogP contribution in [0.1, 0.15) is 32.3 Å². The van der Waals surface area contributed by atoms with Crippen molar-refractivity contribution in [2.24, 2.45) is 5.92 Å². The molecule has 3 nitrogen and oxygen atoms in total. The Morgan fingerprint density at radius 3 is 2.24 bits per heavy atom. The van der Waals surface area contributed by atoms with Crippen LogP contribution in [0.25, 0.3) is 0 Å². The van der Waals surface area contributed by atoms with Crippen LogP contribution >= 0.6 is 15.9 Å². The summed E-state index contributed by atoms with van der Waals surface area (Å²) in [6.45, 7) is 4.31. The fraction of sp³-hybridized carbons (Fsp3) is 0.700. The topological polar surface area (TPSA) is 37.8 Å². The molecule has 0 radical (unpaired) electrons. The van der Waals surface area contributed by atoms with Crippen molar-refractivity contribution in [3.8, 4) is 0 Å². The Balaban J connectivity index is 3.09. The lowest BCUT2D eigenvalue weighted by Gasteiger charge is -2.13. The van der Waals surface area contributed by atoms with Crippen LogP contribution in [0.2, 0.25) is 0 Å². The first-order valence-corrected chi connectivity index (χ1v) is 6.16. The van der Waals surface area contributed by atoms with Gasteiger partial charge in [0.25, 0.3) is 5.56 Å². The summed E-state index contributed by atoms with van der Waals surface area (Å²) in [6.07, 6.45) is -2.93. The van der Waals surface area contributed by atoms with E-state index in [4.69, 9.17) is 0 Å². The predicted molar refractivity (Wildman–Crippen MR) is 61.8 cm³/mol. The van der Waals surface area contributed by atoms with E-state index in [1.807, 2.05) is 13.8 Å². The molecule has 98 valence electrons. The lowest BCUT2D eigenvalue weighted by molar-refractivity contribution is -0.139. The molecule has 1 N–H and O–H groups in total. The minimum absolute atomic E-state index is 0.220. The van der Waals surface area contributed by atoms with E-state index in [0.29, 0.717) is 6.54 Å². The molecule has 1 rings (SSSR count). The lowest BCUT2D eigenvalue weighted by atomic mass is 10.0. The monoisotopic (exact) mass is 314 g/mol. The molecular formula is C10H14BrF3N2O. The van der Waals surface area contributed by atoms with E-state index in [1.165, 1.54) is 4.68 Å². The van der Waals surface area contributed by atoms with Gasteiger partial charge in [0, 0.05) is 6.54 Å². The standard InChI is InChI=1S/C10H14BrF3N2O/c1-3-6(4-2)5-16-8(11)7(9(17)15-16)10(12,13)14/h6H,3-5H2,1-2H3,(H,15,17). The van der Waals surface area contributed by atoms with E-state index in [-0.39, 0.29) is 10.5 Å². The highest BCUT2D eigenvalue weighted by molar-refractivity contribution is 9.10. The summed E-state index contributed by atoms with van der Waals surface area (Å²) in [5.41, 5.74) is -2.27. The number of halogens is 4. The number of aromatic nitrogens is 2. The maximum absolute atomic E-state index is 12.6. The van der Waals surface area contributed by atoms with Crippen LogP contribution in [-0.2, 0) is 12.7 Å². The molecule has 0 saturated heterocycles. The van der Waals surface area contributed by atoms with Crippen LogP contribution in [0.5, 0.6) is 0 Å². The third-order valence-electron chi connectivity index (χ3n) is 2.79. The predicted octanol–water partition coefficient (Wildman–Crippen LogP) is 3.39. The first kappa shape index (κ1) is 14.3. The molecule has 0 aromatic carbocycles. The van der Waals surface area contributed by atoms with Crippen molar-refractivity contribution in [3.63, 3.8) is 0 Å². The Labute approximate surface area is 105 Å². The van der Waals surface area contributed by atoms with E-state index < -0.39 is 17.3 Å². The van der Waals surface area contributed by atoms with Crippen LogP contribution in [0, 0.1) is 5.92 Å². The van der Waals surface area contributed by atoms with Gasteiger partial charge in [-0.3, -0.25) is 14.6 Å². The second kappa shape index (κ2) is 5.29. The van der Waals surface area contributed by atoms with Gasteiger partial charge < -0.3 is 0 Å². The van der Waals surface area contributed by atoms with Gasteiger partial charge in [-0.15, -0.1) is 0 Å². The number of rotatable bonds is 4. The van der Waals surface area contributed by atoms with Crippen LogP contribution in [0.3, 0.4) is 0 Å². The molecule has 1 aromatic rings. The van der Waals surface area contributed by atoms with E-state index in [0.717, 1.165) is 12.8 Å². The lowest BCUT2D eigenvalue weighted by Crippen LogP contribution is -2.17. The van der Waals surface area contributed by atoms with Gasteiger partial charge in [-0.05, 0) is 21.8 Å². The van der Waals surface area contributed by atoms with Crippen molar-refractivity contribution in [1.82, 2.24) is 9.78 Å². The van der Waals surface area contributed by atoms with Crippen molar-refractivity contribution < 1.29 is 13.2 Å². The van der Waals surface area contributed by atoms with Crippen molar-refractivity contribution >= 4 is 15.9 Å². The van der Waals surface area contributed by atoms with E-state index in [1.54, 1.807) is 0 Å². The highest BCUT2D eigenvalue weighted by Gasteiger charge is 2.38. The molecule has 0 aliphatic rings. The Kier molecular flexibility index (Phi) is 4.46. The second-order valence-electron chi connectivity index (χ2n) is 3.90. The number of hydrogen-bond acceptors (Lipinski definition) is 1. The minimum Gasteiger partial charge on any atom is -0.277 e. The number of H-pyrrole nitrogens is 1. The van der Waals surface area contributed by atoms with E-state index in [9.17, 15) is 18.0 Å². The first-order valence-electron chi connectivity index (χ1n) is 5.36. The zero-order valence-corrected chi connectivity index (χ0v) is 11.2. The molecular weight excluding hydrogens is 301 g/mol. The number of hydrogen-bond donors (Lipinski definition) is 1. The molecule has 1 aromatic heterocycles. The van der Waals surface area contributed by atoms with Gasteiger partial charge in [-0.25, -0.2) is 0 Å². The van der Waals surface area contributed by atoms with Gasteiger partial charge in [0.2, 0.25) is 0 Å². The summed E-state index contributed by atoms with van der Waals surface area (Å²) in [5.74, 6) is 0.246. The third kappa shape index (κ3) is 3.14. The Morgan fingerprint density at radius 2 is 1.88 bits per heavy atom. The molecule has 1 heterocycles. The van der Waals surface area contributed by atoms with Gasteiger partial charge in [0.1, 0.15) is 4.60 Å². The van der Waals surface area contributed by atoms with Gasteiger partial charge >= 0.3 is 6.18 Å². The second-order valence-corrected chi connectivity index (χ2v) is 4.65. The number of nitrogens with zero attached hydrogens (tertiary/aromatic N) is 1. The van der Waals surface area contributed by atoms with Crippen molar-refractivity contribution in [3.05, 3.63) is 20.5 Å². The molecule has 0 bridgehead atoms.